The molecule has 0 fully saturated rings. The van der Waals surface area contributed by atoms with E-state index in [0.717, 1.165) is 32.2 Å². The fourth-order valence-corrected chi connectivity index (χ4v) is 5.31. The average molecular weight is 432 g/mol. The standard InChI is InChI=1S/C19H22BrN3O2Si/c1-10-7-8-13(11(2)17(10)23(24)25)16-15-12(3)14(20)9-21-18(15)22-19(16)26(4,5)6/h7-9H,1-6H3,(H,21,22). The number of nitro benzene ring substituents is 1. The van der Waals surface area contributed by atoms with E-state index in [-0.39, 0.29) is 10.6 Å². The van der Waals surface area contributed by atoms with E-state index in [1.54, 1.807) is 13.1 Å². The largest absolute Gasteiger partial charge is 0.347 e. The molecule has 5 nitrogen and oxygen atoms in total. The Morgan fingerprint density at radius 1 is 1.15 bits per heavy atom. The van der Waals surface area contributed by atoms with Crippen LogP contribution in [-0.4, -0.2) is 23.0 Å². The van der Waals surface area contributed by atoms with Crippen LogP contribution in [0.1, 0.15) is 16.7 Å². The van der Waals surface area contributed by atoms with Crippen molar-refractivity contribution in [2.24, 2.45) is 0 Å². The van der Waals surface area contributed by atoms with Crippen LogP contribution in [-0.2, 0) is 0 Å². The Kier molecular flexibility index (Phi) is 4.56. The minimum Gasteiger partial charge on any atom is -0.347 e. The zero-order chi connectivity index (χ0) is 19.4. The van der Waals surface area contributed by atoms with Crippen LogP contribution >= 0.6 is 15.9 Å². The molecule has 0 atom stereocenters. The number of hydrogen-bond acceptors (Lipinski definition) is 3. The van der Waals surface area contributed by atoms with Crippen molar-refractivity contribution in [3.63, 3.8) is 0 Å². The molecule has 1 aromatic carbocycles. The highest BCUT2D eigenvalue weighted by atomic mass is 79.9. The molecule has 1 N–H and O–H groups in total. The van der Waals surface area contributed by atoms with Gasteiger partial charge in [0.15, 0.2) is 0 Å². The van der Waals surface area contributed by atoms with Gasteiger partial charge in [-0.25, -0.2) is 4.98 Å². The van der Waals surface area contributed by atoms with Gasteiger partial charge in [-0.15, -0.1) is 0 Å². The van der Waals surface area contributed by atoms with Gasteiger partial charge in [0.2, 0.25) is 0 Å². The molecule has 0 radical (unpaired) electrons. The number of aromatic amines is 1. The Morgan fingerprint density at radius 3 is 2.38 bits per heavy atom. The first kappa shape index (κ1) is 18.8. The lowest BCUT2D eigenvalue weighted by atomic mass is 9.95. The van der Waals surface area contributed by atoms with Crippen LogP contribution in [0.25, 0.3) is 22.2 Å². The normalized spacial score (nSPS) is 12.0. The third-order valence-corrected chi connectivity index (χ3v) is 7.53. The van der Waals surface area contributed by atoms with Crippen LogP contribution < -0.4 is 5.32 Å². The molecule has 2 heterocycles. The summed E-state index contributed by atoms with van der Waals surface area (Å²) >= 11 is 3.58. The SMILES string of the molecule is Cc1ccc(-c2c([Si](C)(C)C)[nH]c3ncc(Br)c(C)c23)c(C)c1[N+](=O)[O-]. The highest BCUT2D eigenvalue weighted by Gasteiger charge is 2.29. The van der Waals surface area contributed by atoms with Crippen LogP contribution in [0.15, 0.2) is 22.8 Å². The molecule has 7 heteroatoms. The summed E-state index contributed by atoms with van der Waals surface area (Å²) in [4.78, 5) is 19.4. The van der Waals surface area contributed by atoms with E-state index in [2.05, 4.69) is 52.5 Å². The monoisotopic (exact) mass is 431 g/mol. The number of rotatable bonds is 3. The summed E-state index contributed by atoms with van der Waals surface area (Å²) < 4.78 is 0.937. The first-order valence-corrected chi connectivity index (χ1v) is 12.8. The van der Waals surface area contributed by atoms with Crippen molar-refractivity contribution in [3.8, 4) is 11.1 Å². The molecule has 0 aliphatic heterocycles. The van der Waals surface area contributed by atoms with Crippen molar-refractivity contribution in [1.82, 2.24) is 9.97 Å². The number of aryl methyl sites for hydroxylation is 2. The zero-order valence-electron chi connectivity index (χ0n) is 15.8. The minimum absolute atomic E-state index is 0.194. The lowest BCUT2D eigenvalue weighted by Gasteiger charge is -2.19. The van der Waals surface area contributed by atoms with Gasteiger partial charge in [0.1, 0.15) is 5.65 Å². The van der Waals surface area contributed by atoms with Gasteiger partial charge in [-0.05, 0) is 47.8 Å². The van der Waals surface area contributed by atoms with E-state index in [1.165, 1.54) is 5.32 Å². The minimum atomic E-state index is -1.75. The summed E-state index contributed by atoms with van der Waals surface area (Å²) in [5.41, 5.74) is 5.48. The van der Waals surface area contributed by atoms with E-state index in [0.29, 0.717) is 11.1 Å². The second-order valence-corrected chi connectivity index (χ2v) is 13.6. The quantitative estimate of drug-likeness (QED) is 0.344. The van der Waals surface area contributed by atoms with Gasteiger partial charge in [0.05, 0.1) is 13.0 Å². The van der Waals surface area contributed by atoms with E-state index >= 15 is 0 Å². The van der Waals surface area contributed by atoms with Crippen molar-refractivity contribution in [2.75, 3.05) is 0 Å². The molecule has 0 aliphatic rings. The summed E-state index contributed by atoms with van der Waals surface area (Å²) in [6, 6.07) is 3.85. The van der Waals surface area contributed by atoms with E-state index < -0.39 is 8.07 Å². The Bertz CT molecular complexity index is 1050. The molecular weight excluding hydrogens is 410 g/mol. The van der Waals surface area contributed by atoms with Crippen molar-refractivity contribution >= 4 is 46.0 Å². The summed E-state index contributed by atoms with van der Waals surface area (Å²) in [6.45, 7) is 12.5. The Labute approximate surface area is 162 Å². The summed E-state index contributed by atoms with van der Waals surface area (Å²) in [7, 11) is -1.75. The van der Waals surface area contributed by atoms with Gasteiger partial charge in [-0.2, -0.15) is 0 Å². The number of H-pyrrole nitrogens is 1. The number of halogens is 1. The second kappa shape index (κ2) is 6.31. The van der Waals surface area contributed by atoms with Gasteiger partial charge in [0.25, 0.3) is 5.69 Å². The Hall–Kier alpha value is -1.99. The molecule has 0 aliphatic carbocycles. The lowest BCUT2D eigenvalue weighted by Crippen LogP contribution is -2.40. The number of hydrogen-bond donors (Lipinski definition) is 1. The maximum atomic E-state index is 11.6. The van der Waals surface area contributed by atoms with Crippen molar-refractivity contribution in [1.29, 1.82) is 0 Å². The smallest absolute Gasteiger partial charge is 0.275 e. The van der Waals surface area contributed by atoms with Gasteiger partial charge in [-0.3, -0.25) is 10.1 Å². The molecule has 3 aromatic rings. The number of benzene rings is 1. The molecule has 3 rings (SSSR count). The topological polar surface area (TPSA) is 71.8 Å². The molecule has 26 heavy (non-hydrogen) atoms. The predicted molar refractivity (Wildman–Crippen MR) is 113 cm³/mol. The van der Waals surface area contributed by atoms with Gasteiger partial charge >= 0.3 is 0 Å². The zero-order valence-corrected chi connectivity index (χ0v) is 18.4. The number of pyridine rings is 1. The van der Waals surface area contributed by atoms with Crippen molar-refractivity contribution in [2.45, 2.75) is 40.4 Å². The van der Waals surface area contributed by atoms with Crippen LogP contribution in [0.2, 0.25) is 19.6 Å². The lowest BCUT2D eigenvalue weighted by molar-refractivity contribution is -0.386. The second-order valence-electron chi connectivity index (χ2n) is 7.74. The molecule has 2 aromatic heterocycles. The molecular formula is C19H22BrN3O2Si. The number of fused-ring (bicyclic) bond motifs is 1. The van der Waals surface area contributed by atoms with Crippen molar-refractivity contribution < 1.29 is 4.92 Å². The fraction of sp³-hybridized carbons (Fsp3) is 0.316. The Morgan fingerprint density at radius 2 is 1.81 bits per heavy atom. The molecule has 0 bridgehead atoms. The summed E-state index contributed by atoms with van der Waals surface area (Å²) in [5, 5.41) is 13.8. The van der Waals surface area contributed by atoms with E-state index in [9.17, 15) is 10.1 Å². The third kappa shape index (κ3) is 2.89. The maximum absolute atomic E-state index is 11.6. The van der Waals surface area contributed by atoms with E-state index in [4.69, 9.17) is 0 Å². The van der Waals surface area contributed by atoms with Crippen LogP contribution in [0.5, 0.6) is 0 Å². The number of aromatic nitrogens is 2. The number of nitrogens with one attached hydrogen (secondary N) is 1. The maximum Gasteiger partial charge on any atom is 0.275 e. The molecule has 0 unspecified atom stereocenters. The third-order valence-electron chi connectivity index (χ3n) is 4.86. The summed E-state index contributed by atoms with van der Waals surface area (Å²) in [5.74, 6) is 0. The van der Waals surface area contributed by atoms with Gasteiger partial charge in [-0.1, -0.05) is 31.8 Å². The fourth-order valence-electron chi connectivity index (χ4n) is 3.51. The summed E-state index contributed by atoms with van der Waals surface area (Å²) in [6.07, 6.45) is 1.80. The predicted octanol–water partition coefficient (Wildman–Crippen LogP) is 5.37. The number of nitrogens with zero attached hydrogens (tertiary/aromatic N) is 2. The van der Waals surface area contributed by atoms with Crippen molar-refractivity contribution in [3.05, 3.63) is 49.6 Å². The average Bonchev–Trinajstić information content (AvgIpc) is 2.91. The van der Waals surface area contributed by atoms with Crippen LogP contribution in [0, 0.1) is 30.9 Å². The highest BCUT2D eigenvalue weighted by Crippen LogP contribution is 2.38. The van der Waals surface area contributed by atoms with Crippen LogP contribution in [0.4, 0.5) is 5.69 Å². The first-order chi connectivity index (χ1) is 12.0. The Balaban J connectivity index is 2.51. The number of nitro groups is 1. The molecule has 136 valence electrons. The van der Waals surface area contributed by atoms with E-state index in [1.807, 2.05) is 19.1 Å². The molecule has 0 spiro atoms. The highest BCUT2D eigenvalue weighted by molar-refractivity contribution is 9.10. The molecule has 0 saturated heterocycles. The first-order valence-electron chi connectivity index (χ1n) is 8.46. The van der Waals surface area contributed by atoms with Gasteiger partial charge in [0, 0.05) is 38.1 Å². The molecule has 0 amide bonds. The van der Waals surface area contributed by atoms with Crippen LogP contribution in [0.3, 0.4) is 0 Å². The molecule has 0 saturated carbocycles. The van der Waals surface area contributed by atoms with Gasteiger partial charge < -0.3 is 4.98 Å².